The third-order valence-electron chi connectivity index (χ3n) is 4.36. The van der Waals surface area contributed by atoms with Crippen LogP contribution in [0.25, 0.3) is 10.9 Å². The summed E-state index contributed by atoms with van der Waals surface area (Å²) < 4.78 is 0. The standard InChI is InChI=1S/C19H30N4O/c1-6-23(15(3)13-22(4)5)19(24)20-10-9-16-12-21-18-11-14(2)7-8-17(16)18/h7-8,11-12,15,21H,6,9-10,13H2,1-5H3,(H,20,24)/t15-/m0/s1. The van der Waals surface area contributed by atoms with E-state index in [0.717, 1.165) is 18.5 Å². The molecule has 2 N–H and O–H groups in total. The van der Waals surface area contributed by atoms with Crippen LogP contribution in [0.2, 0.25) is 0 Å². The number of urea groups is 1. The number of amides is 2. The van der Waals surface area contributed by atoms with Crippen LogP contribution in [0, 0.1) is 6.92 Å². The lowest BCUT2D eigenvalue weighted by molar-refractivity contribution is 0.169. The molecule has 1 heterocycles. The highest BCUT2D eigenvalue weighted by molar-refractivity contribution is 5.84. The van der Waals surface area contributed by atoms with Crippen molar-refractivity contribution in [2.24, 2.45) is 0 Å². The van der Waals surface area contributed by atoms with Crippen LogP contribution in [0.5, 0.6) is 0 Å². The van der Waals surface area contributed by atoms with Crippen LogP contribution in [0.15, 0.2) is 24.4 Å². The molecule has 132 valence electrons. The molecule has 0 unspecified atom stereocenters. The topological polar surface area (TPSA) is 51.4 Å². The average molecular weight is 330 g/mol. The minimum Gasteiger partial charge on any atom is -0.361 e. The number of aromatic nitrogens is 1. The number of hydrogen-bond donors (Lipinski definition) is 2. The van der Waals surface area contributed by atoms with E-state index in [2.05, 4.69) is 47.2 Å². The van der Waals surface area contributed by atoms with Crippen molar-refractivity contribution < 1.29 is 4.79 Å². The smallest absolute Gasteiger partial charge is 0.317 e. The Morgan fingerprint density at radius 1 is 1.33 bits per heavy atom. The first-order valence-electron chi connectivity index (χ1n) is 8.68. The molecule has 1 atom stereocenters. The van der Waals surface area contributed by atoms with E-state index in [1.807, 2.05) is 32.1 Å². The molecule has 0 spiro atoms. The van der Waals surface area contributed by atoms with Crippen LogP contribution in [0.3, 0.4) is 0 Å². The Hall–Kier alpha value is -2.01. The van der Waals surface area contributed by atoms with E-state index in [4.69, 9.17) is 0 Å². The Kier molecular flexibility index (Phi) is 6.26. The van der Waals surface area contributed by atoms with Crippen molar-refractivity contribution in [2.75, 3.05) is 33.7 Å². The lowest BCUT2D eigenvalue weighted by atomic mass is 10.1. The monoisotopic (exact) mass is 330 g/mol. The van der Waals surface area contributed by atoms with Crippen LogP contribution < -0.4 is 5.32 Å². The maximum atomic E-state index is 12.4. The van der Waals surface area contributed by atoms with E-state index >= 15 is 0 Å². The van der Waals surface area contributed by atoms with Gasteiger partial charge in [0.1, 0.15) is 0 Å². The molecule has 24 heavy (non-hydrogen) atoms. The molecule has 0 saturated carbocycles. The predicted molar refractivity (Wildman–Crippen MR) is 101 cm³/mol. The normalized spacial score (nSPS) is 12.6. The van der Waals surface area contributed by atoms with Crippen LogP contribution >= 0.6 is 0 Å². The maximum Gasteiger partial charge on any atom is 0.317 e. The molecule has 2 amide bonds. The first-order valence-corrected chi connectivity index (χ1v) is 8.68. The Labute approximate surface area is 145 Å². The van der Waals surface area contributed by atoms with Crippen molar-refractivity contribution in [1.29, 1.82) is 0 Å². The Bertz CT molecular complexity index is 677. The number of rotatable bonds is 7. The maximum absolute atomic E-state index is 12.4. The zero-order chi connectivity index (χ0) is 17.7. The fourth-order valence-electron chi connectivity index (χ4n) is 3.20. The summed E-state index contributed by atoms with van der Waals surface area (Å²) in [7, 11) is 4.06. The SMILES string of the molecule is CCN(C(=O)NCCc1c[nH]c2cc(C)ccc12)[C@@H](C)CN(C)C. The number of likely N-dealkylation sites (N-methyl/N-ethyl adjacent to an activating group) is 2. The molecule has 0 fully saturated rings. The fraction of sp³-hybridized carbons (Fsp3) is 0.526. The average Bonchev–Trinajstić information content (AvgIpc) is 2.89. The molecule has 0 saturated heterocycles. The molecule has 1 aromatic carbocycles. The van der Waals surface area contributed by atoms with Crippen molar-refractivity contribution in [1.82, 2.24) is 20.1 Å². The summed E-state index contributed by atoms with van der Waals surface area (Å²) in [5.41, 5.74) is 3.65. The number of aryl methyl sites for hydroxylation is 1. The quantitative estimate of drug-likeness (QED) is 0.820. The van der Waals surface area contributed by atoms with E-state index in [1.54, 1.807) is 0 Å². The van der Waals surface area contributed by atoms with Gasteiger partial charge >= 0.3 is 6.03 Å². The molecule has 5 heteroatoms. The van der Waals surface area contributed by atoms with Gasteiger partial charge in [-0.15, -0.1) is 0 Å². The second kappa shape index (κ2) is 8.20. The molecular weight excluding hydrogens is 300 g/mol. The largest absolute Gasteiger partial charge is 0.361 e. The molecule has 2 aromatic rings. The van der Waals surface area contributed by atoms with E-state index in [1.165, 1.54) is 16.5 Å². The Morgan fingerprint density at radius 3 is 2.75 bits per heavy atom. The highest BCUT2D eigenvalue weighted by Crippen LogP contribution is 2.19. The molecule has 0 bridgehead atoms. The van der Waals surface area contributed by atoms with Gasteiger partial charge in [0.2, 0.25) is 0 Å². The number of carbonyl (C=O) groups excluding carboxylic acids is 1. The van der Waals surface area contributed by atoms with Crippen molar-refractivity contribution >= 4 is 16.9 Å². The molecule has 2 rings (SSSR count). The van der Waals surface area contributed by atoms with Crippen molar-refractivity contribution in [3.05, 3.63) is 35.5 Å². The van der Waals surface area contributed by atoms with E-state index < -0.39 is 0 Å². The van der Waals surface area contributed by atoms with Gasteiger partial charge in [-0.25, -0.2) is 4.79 Å². The number of aromatic amines is 1. The molecule has 0 aliphatic rings. The lowest BCUT2D eigenvalue weighted by Gasteiger charge is -2.30. The van der Waals surface area contributed by atoms with Gasteiger partial charge in [-0.2, -0.15) is 0 Å². The predicted octanol–water partition coefficient (Wildman–Crippen LogP) is 3.00. The molecule has 0 aliphatic heterocycles. The first-order chi connectivity index (χ1) is 11.4. The van der Waals surface area contributed by atoms with Gasteiger partial charge in [0.05, 0.1) is 0 Å². The second-order valence-corrected chi connectivity index (χ2v) is 6.74. The van der Waals surface area contributed by atoms with Gasteiger partial charge in [-0.3, -0.25) is 0 Å². The number of H-pyrrole nitrogens is 1. The van der Waals surface area contributed by atoms with E-state index in [0.29, 0.717) is 13.1 Å². The highest BCUT2D eigenvalue weighted by Gasteiger charge is 2.18. The molecule has 1 aromatic heterocycles. The third kappa shape index (κ3) is 4.51. The van der Waals surface area contributed by atoms with Gasteiger partial charge in [0.25, 0.3) is 0 Å². The van der Waals surface area contributed by atoms with Crippen LogP contribution in [0.4, 0.5) is 4.79 Å². The van der Waals surface area contributed by atoms with Crippen LogP contribution in [-0.4, -0.2) is 60.6 Å². The number of benzene rings is 1. The van der Waals surface area contributed by atoms with Crippen molar-refractivity contribution in [3.63, 3.8) is 0 Å². The highest BCUT2D eigenvalue weighted by atomic mass is 16.2. The zero-order valence-corrected chi connectivity index (χ0v) is 15.5. The minimum atomic E-state index is 0.0162. The van der Waals surface area contributed by atoms with Crippen LogP contribution in [0.1, 0.15) is 25.0 Å². The summed E-state index contributed by atoms with van der Waals surface area (Å²) in [6.07, 6.45) is 2.87. The summed E-state index contributed by atoms with van der Waals surface area (Å²) >= 11 is 0. The summed E-state index contributed by atoms with van der Waals surface area (Å²) in [5.74, 6) is 0. The Morgan fingerprint density at radius 2 is 2.08 bits per heavy atom. The van der Waals surface area contributed by atoms with Gasteiger partial charge in [-0.05, 0) is 58.5 Å². The molecule has 0 radical (unpaired) electrons. The summed E-state index contributed by atoms with van der Waals surface area (Å²) in [4.78, 5) is 19.7. The third-order valence-corrected chi connectivity index (χ3v) is 4.36. The molecular formula is C19H30N4O. The van der Waals surface area contributed by atoms with Gasteiger partial charge in [-0.1, -0.05) is 12.1 Å². The summed E-state index contributed by atoms with van der Waals surface area (Å²) in [6, 6.07) is 6.64. The lowest BCUT2D eigenvalue weighted by Crippen LogP contribution is -2.48. The fourth-order valence-corrected chi connectivity index (χ4v) is 3.20. The van der Waals surface area contributed by atoms with Crippen molar-refractivity contribution in [3.8, 4) is 0 Å². The second-order valence-electron chi connectivity index (χ2n) is 6.74. The van der Waals surface area contributed by atoms with E-state index in [9.17, 15) is 4.79 Å². The number of hydrogen-bond acceptors (Lipinski definition) is 2. The summed E-state index contributed by atoms with van der Waals surface area (Å²) in [5, 5.41) is 4.30. The van der Waals surface area contributed by atoms with Gasteiger partial charge in [0.15, 0.2) is 0 Å². The summed E-state index contributed by atoms with van der Waals surface area (Å²) in [6.45, 7) is 8.42. The van der Waals surface area contributed by atoms with Crippen molar-refractivity contribution in [2.45, 2.75) is 33.2 Å². The molecule has 5 nitrogen and oxygen atoms in total. The number of fused-ring (bicyclic) bond motifs is 1. The number of carbonyl (C=O) groups is 1. The number of nitrogens with zero attached hydrogens (tertiary/aromatic N) is 2. The first kappa shape index (κ1) is 18.3. The van der Waals surface area contributed by atoms with Gasteiger partial charge < -0.3 is 20.1 Å². The van der Waals surface area contributed by atoms with Gasteiger partial charge in [0, 0.05) is 42.8 Å². The zero-order valence-electron chi connectivity index (χ0n) is 15.5. The van der Waals surface area contributed by atoms with Crippen LogP contribution in [-0.2, 0) is 6.42 Å². The van der Waals surface area contributed by atoms with E-state index in [-0.39, 0.29) is 12.1 Å². The molecule has 0 aliphatic carbocycles. The number of nitrogens with one attached hydrogen (secondary N) is 2. The minimum absolute atomic E-state index is 0.0162. The Balaban J connectivity index is 1.91.